The maximum absolute atomic E-state index is 2.80. The molecule has 0 saturated heterocycles. The van der Waals surface area contributed by atoms with Gasteiger partial charge in [0.2, 0.25) is 0 Å². The van der Waals surface area contributed by atoms with Crippen molar-refractivity contribution in [3.63, 3.8) is 0 Å². The molecule has 0 amide bonds. The molecule has 2 fully saturated rings. The van der Waals surface area contributed by atoms with Crippen LogP contribution in [0.15, 0.2) is 24.3 Å². The van der Waals surface area contributed by atoms with Gasteiger partial charge in [-0.25, -0.2) is 0 Å². The molecule has 0 nitrogen and oxygen atoms in total. The SMILES string of the molecule is CCCC[Si](C)(c1c(C)c(C)c(C)c(C)c1C)C1C2C=CC=CC2C2CCC[CH-]C21.[Cl-].[Cl-].[Cl-].[Ti+4]. The van der Waals surface area contributed by atoms with E-state index in [1.54, 1.807) is 22.3 Å². The molecule has 6 unspecified atom stereocenters. The van der Waals surface area contributed by atoms with Gasteiger partial charge in [-0.2, -0.15) is 12.3 Å². The quantitative estimate of drug-likeness (QED) is 0.303. The first-order chi connectivity index (χ1) is 14.3. The first-order valence-corrected chi connectivity index (χ1v) is 15.4. The topological polar surface area (TPSA) is 0 Å². The minimum Gasteiger partial charge on any atom is -1.00 e. The van der Waals surface area contributed by atoms with Gasteiger partial charge in [-0.1, -0.05) is 86.1 Å². The Bertz CT molecular complexity index is 852. The van der Waals surface area contributed by atoms with Crippen LogP contribution in [-0.2, 0) is 21.7 Å². The van der Waals surface area contributed by atoms with Crippen LogP contribution in [0.1, 0.15) is 66.8 Å². The Hall–Kier alpha value is 0.501. The van der Waals surface area contributed by atoms with E-state index in [-0.39, 0.29) is 58.9 Å². The Kier molecular flexibility index (Phi) is 14.1. The number of unbranched alkanes of at least 4 members (excludes halogenated alkanes) is 1. The summed E-state index contributed by atoms with van der Waals surface area (Å²) in [7, 11) is -1.72. The molecular formula is C29H43Cl3SiTi. The van der Waals surface area contributed by atoms with Gasteiger partial charge >= 0.3 is 21.7 Å². The Balaban J connectivity index is 0.00000272. The third-order valence-electron chi connectivity index (χ3n) is 9.58. The molecule has 3 aliphatic carbocycles. The Labute approximate surface area is 244 Å². The zero-order chi connectivity index (χ0) is 21.6. The summed E-state index contributed by atoms with van der Waals surface area (Å²) >= 11 is 0. The Morgan fingerprint density at radius 1 is 0.853 bits per heavy atom. The normalized spacial score (nSPS) is 28.3. The van der Waals surface area contributed by atoms with Crippen LogP contribution in [0, 0.1) is 64.7 Å². The van der Waals surface area contributed by atoms with Crippen LogP contribution < -0.4 is 42.4 Å². The second-order valence-corrected chi connectivity index (χ2v) is 15.4. The van der Waals surface area contributed by atoms with E-state index in [1.165, 1.54) is 43.7 Å². The third-order valence-corrected chi connectivity index (χ3v) is 15.1. The van der Waals surface area contributed by atoms with Gasteiger partial charge in [0.1, 0.15) is 0 Å². The fourth-order valence-electron chi connectivity index (χ4n) is 7.79. The molecular weight excluding hydrogens is 531 g/mol. The van der Waals surface area contributed by atoms with Gasteiger partial charge in [0, 0.05) is 0 Å². The molecule has 6 atom stereocenters. The molecule has 1 aromatic carbocycles. The van der Waals surface area contributed by atoms with Crippen molar-refractivity contribution < 1.29 is 58.9 Å². The number of allylic oxidation sites excluding steroid dienone is 4. The van der Waals surface area contributed by atoms with Gasteiger partial charge in [-0.3, -0.25) is 0 Å². The van der Waals surface area contributed by atoms with Crippen LogP contribution in [0.2, 0.25) is 18.1 Å². The average Bonchev–Trinajstić information content (AvgIpc) is 3.10. The van der Waals surface area contributed by atoms with E-state index in [9.17, 15) is 0 Å². The van der Waals surface area contributed by atoms with Crippen molar-refractivity contribution in [1.29, 1.82) is 0 Å². The molecule has 188 valence electrons. The smallest absolute Gasteiger partial charge is 1.00 e. The first-order valence-electron chi connectivity index (χ1n) is 12.6. The minimum atomic E-state index is -1.72. The number of rotatable bonds is 5. The van der Waals surface area contributed by atoms with Crippen molar-refractivity contribution >= 4 is 13.3 Å². The van der Waals surface area contributed by atoms with E-state index in [0.29, 0.717) is 0 Å². The zero-order valence-corrected chi connectivity index (χ0v) is 27.0. The molecule has 5 heteroatoms. The van der Waals surface area contributed by atoms with E-state index >= 15 is 0 Å². The predicted molar refractivity (Wildman–Crippen MR) is 135 cm³/mol. The molecule has 3 aliphatic rings. The van der Waals surface area contributed by atoms with E-state index < -0.39 is 8.07 Å². The summed E-state index contributed by atoms with van der Waals surface area (Å²) < 4.78 is 0. The van der Waals surface area contributed by atoms with Gasteiger partial charge < -0.3 is 43.6 Å². The predicted octanol–water partition coefficient (Wildman–Crippen LogP) is -1.31. The maximum Gasteiger partial charge on any atom is 4.00 e. The molecule has 0 aliphatic heterocycles. The van der Waals surface area contributed by atoms with Crippen LogP contribution in [-0.4, -0.2) is 8.07 Å². The average molecular weight is 574 g/mol. The van der Waals surface area contributed by atoms with Crippen LogP contribution in [0.5, 0.6) is 0 Å². The summed E-state index contributed by atoms with van der Waals surface area (Å²) in [6.45, 7) is 17.2. The van der Waals surface area contributed by atoms with Crippen LogP contribution in [0.25, 0.3) is 0 Å². The second kappa shape index (κ2) is 13.9. The molecule has 0 spiro atoms. The van der Waals surface area contributed by atoms with Crippen molar-refractivity contribution in [1.82, 2.24) is 0 Å². The van der Waals surface area contributed by atoms with Gasteiger partial charge in [0.15, 0.2) is 0 Å². The number of halogens is 3. The summed E-state index contributed by atoms with van der Waals surface area (Å²) in [5.74, 6) is 3.25. The molecule has 0 aromatic heterocycles. The van der Waals surface area contributed by atoms with E-state index in [0.717, 1.165) is 29.2 Å². The van der Waals surface area contributed by atoms with E-state index in [2.05, 4.69) is 78.8 Å². The molecule has 34 heavy (non-hydrogen) atoms. The van der Waals surface area contributed by atoms with Crippen LogP contribution in [0.3, 0.4) is 0 Å². The minimum absolute atomic E-state index is 0. The summed E-state index contributed by atoms with van der Waals surface area (Å²) in [6, 6.07) is 1.45. The van der Waals surface area contributed by atoms with Crippen LogP contribution >= 0.6 is 0 Å². The third kappa shape index (κ3) is 5.66. The van der Waals surface area contributed by atoms with Crippen LogP contribution in [0.4, 0.5) is 0 Å². The summed E-state index contributed by atoms with van der Waals surface area (Å²) in [5, 5.41) is 1.84. The van der Waals surface area contributed by atoms with E-state index in [4.69, 9.17) is 0 Å². The molecule has 0 N–H and O–H groups in total. The Morgan fingerprint density at radius 2 is 1.38 bits per heavy atom. The maximum atomic E-state index is 2.80. The van der Waals surface area contributed by atoms with E-state index in [1.807, 2.05) is 5.19 Å². The summed E-state index contributed by atoms with van der Waals surface area (Å²) in [4.78, 5) is 0. The van der Waals surface area contributed by atoms with Crippen molar-refractivity contribution in [2.75, 3.05) is 0 Å². The molecule has 4 rings (SSSR count). The molecule has 0 heterocycles. The molecule has 1 aromatic rings. The van der Waals surface area contributed by atoms with Gasteiger partial charge in [0.25, 0.3) is 0 Å². The largest absolute Gasteiger partial charge is 4.00 e. The van der Waals surface area contributed by atoms with Gasteiger partial charge in [0.05, 0.1) is 8.07 Å². The first kappa shape index (κ1) is 34.5. The van der Waals surface area contributed by atoms with Crippen molar-refractivity contribution in [3.8, 4) is 0 Å². The molecule has 0 radical (unpaired) electrons. The zero-order valence-electron chi connectivity index (χ0n) is 22.2. The number of hydrogen-bond acceptors (Lipinski definition) is 0. The molecule has 0 bridgehead atoms. The monoisotopic (exact) mass is 572 g/mol. The van der Waals surface area contributed by atoms with Gasteiger partial charge in [-0.15, -0.1) is 0 Å². The number of benzene rings is 1. The number of fused-ring (bicyclic) bond motifs is 3. The summed E-state index contributed by atoms with van der Waals surface area (Å²) in [5.41, 5.74) is 8.76. The molecule has 2 saturated carbocycles. The fourth-order valence-corrected chi connectivity index (χ4v) is 14.3. The fraction of sp³-hybridized carbons (Fsp3) is 0.621. The van der Waals surface area contributed by atoms with Crippen molar-refractivity contribution in [2.24, 2.45) is 23.7 Å². The number of hydrogen-bond donors (Lipinski definition) is 0. The Morgan fingerprint density at radius 3 is 1.94 bits per heavy atom. The van der Waals surface area contributed by atoms with Gasteiger partial charge in [-0.05, 0) is 74.3 Å². The second-order valence-electron chi connectivity index (χ2n) is 10.9. The standard InChI is InChI=1S/C29H43Si.3ClH.Ti/c1-8-9-18-30(7,28-22(5)20(3)19(2)21(4)23(28)6)29-26-16-12-10-14-24(26)25-15-11-13-17-27(25)29;;;;/h10,12,14,16-17,24-27,29H,8-9,11,13,15,18H2,1-7H3;3*1H;/q-1;;;;+4/p-3. The summed E-state index contributed by atoms with van der Waals surface area (Å²) in [6.07, 6.45) is 19.6. The van der Waals surface area contributed by atoms with Crippen molar-refractivity contribution in [3.05, 3.63) is 58.5 Å². The van der Waals surface area contributed by atoms with Crippen molar-refractivity contribution in [2.45, 2.75) is 91.8 Å².